The van der Waals surface area contributed by atoms with Crippen molar-refractivity contribution in [3.63, 3.8) is 0 Å². The number of benzene rings is 1. The van der Waals surface area contributed by atoms with Crippen LogP contribution >= 0.6 is 23.1 Å². The van der Waals surface area contributed by atoms with E-state index in [2.05, 4.69) is 29.0 Å². The van der Waals surface area contributed by atoms with Crippen molar-refractivity contribution < 1.29 is 5.11 Å². The van der Waals surface area contributed by atoms with Crippen LogP contribution in [-0.2, 0) is 5.75 Å². The maximum Gasteiger partial charge on any atom is 0.150 e. The summed E-state index contributed by atoms with van der Waals surface area (Å²) in [6, 6.07) is 8.19. The SMILES string of the molecule is OCCC#Cc1cccc(CSc2nccs2)c1. The molecule has 1 aromatic carbocycles. The third kappa shape index (κ3) is 4.19. The van der Waals surface area contributed by atoms with Gasteiger partial charge in [-0.05, 0) is 17.7 Å². The zero-order valence-electron chi connectivity index (χ0n) is 9.80. The first-order chi connectivity index (χ1) is 8.88. The number of aliphatic hydroxyl groups is 1. The summed E-state index contributed by atoms with van der Waals surface area (Å²) in [5, 5.41) is 10.7. The second kappa shape index (κ2) is 7.22. The molecule has 2 nitrogen and oxygen atoms in total. The molecule has 0 radical (unpaired) electrons. The number of thioether (sulfide) groups is 1. The van der Waals surface area contributed by atoms with Crippen LogP contribution in [-0.4, -0.2) is 16.7 Å². The number of hydrogen-bond donors (Lipinski definition) is 1. The van der Waals surface area contributed by atoms with Crippen molar-refractivity contribution in [2.24, 2.45) is 0 Å². The van der Waals surface area contributed by atoms with Crippen LogP contribution < -0.4 is 0 Å². The second-order valence-electron chi connectivity index (χ2n) is 3.56. The molecular formula is C14H13NOS2. The lowest BCUT2D eigenvalue weighted by atomic mass is 10.1. The summed E-state index contributed by atoms with van der Waals surface area (Å²) in [7, 11) is 0. The van der Waals surface area contributed by atoms with Crippen LogP contribution in [0.25, 0.3) is 0 Å². The first-order valence-electron chi connectivity index (χ1n) is 5.59. The average molecular weight is 275 g/mol. The smallest absolute Gasteiger partial charge is 0.150 e. The van der Waals surface area contributed by atoms with Gasteiger partial charge in [0, 0.05) is 29.3 Å². The Morgan fingerprint density at radius 2 is 2.33 bits per heavy atom. The van der Waals surface area contributed by atoms with Crippen molar-refractivity contribution in [3.8, 4) is 11.8 Å². The molecular weight excluding hydrogens is 262 g/mol. The summed E-state index contributed by atoms with van der Waals surface area (Å²) in [4.78, 5) is 4.24. The zero-order chi connectivity index (χ0) is 12.6. The van der Waals surface area contributed by atoms with Crippen LogP contribution in [0.3, 0.4) is 0 Å². The van der Waals surface area contributed by atoms with Gasteiger partial charge in [0.25, 0.3) is 0 Å². The Morgan fingerprint density at radius 1 is 1.39 bits per heavy atom. The average Bonchev–Trinajstić information content (AvgIpc) is 2.90. The van der Waals surface area contributed by atoms with Crippen molar-refractivity contribution in [3.05, 3.63) is 47.0 Å². The maximum absolute atomic E-state index is 8.68. The maximum atomic E-state index is 8.68. The first-order valence-corrected chi connectivity index (χ1v) is 7.46. The van der Waals surface area contributed by atoms with Gasteiger partial charge in [0.15, 0.2) is 0 Å². The topological polar surface area (TPSA) is 33.1 Å². The molecule has 0 amide bonds. The molecule has 0 unspecified atom stereocenters. The van der Waals surface area contributed by atoms with Gasteiger partial charge in [0.2, 0.25) is 0 Å². The minimum absolute atomic E-state index is 0.118. The fourth-order valence-corrected chi connectivity index (χ4v) is 2.97. The molecule has 1 heterocycles. The van der Waals surface area contributed by atoms with Gasteiger partial charge in [-0.15, -0.1) is 11.3 Å². The van der Waals surface area contributed by atoms with Crippen molar-refractivity contribution >= 4 is 23.1 Å². The molecule has 0 aliphatic rings. The Morgan fingerprint density at radius 3 is 3.11 bits per heavy atom. The third-order valence-corrected chi connectivity index (χ3v) is 4.21. The molecule has 0 atom stereocenters. The molecule has 92 valence electrons. The van der Waals surface area contributed by atoms with Gasteiger partial charge in [-0.1, -0.05) is 35.7 Å². The fraction of sp³-hybridized carbons (Fsp3) is 0.214. The van der Waals surface area contributed by atoms with E-state index < -0.39 is 0 Å². The molecule has 0 bridgehead atoms. The van der Waals surface area contributed by atoms with Crippen LogP contribution in [0.1, 0.15) is 17.5 Å². The summed E-state index contributed by atoms with van der Waals surface area (Å²) in [5.74, 6) is 6.88. The van der Waals surface area contributed by atoms with E-state index >= 15 is 0 Å². The van der Waals surface area contributed by atoms with Gasteiger partial charge in [0.05, 0.1) is 6.61 Å². The highest BCUT2D eigenvalue weighted by Gasteiger charge is 1.98. The molecule has 4 heteroatoms. The largest absolute Gasteiger partial charge is 0.395 e. The predicted octanol–water partition coefficient (Wildman–Crippen LogP) is 3.17. The molecule has 2 aromatic rings. The highest BCUT2D eigenvalue weighted by molar-refractivity contribution is 8.00. The monoisotopic (exact) mass is 275 g/mol. The van der Waals surface area contributed by atoms with E-state index in [0.717, 1.165) is 15.7 Å². The summed E-state index contributed by atoms with van der Waals surface area (Å²) in [6.07, 6.45) is 2.35. The van der Waals surface area contributed by atoms with Gasteiger partial charge < -0.3 is 5.11 Å². The van der Waals surface area contributed by atoms with Crippen LogP contribution in [0.15, 0.2) is 40.2 Å². The molecule has 0 fully saturated rings. The molecule has 0 aliphatic heterocycles. The minimum atomic E-state index is 0.118. The number of aliphatic hydroxyl groups excluding tert-OH is 1. The lowest BCUT2D eigenvalue weighted by Crippen LogP contribution is -1.83. The Bertz CT molecular complexity index is 540. The summed E-state index contributed by atoms with van der Waals surface area (Å²) < 4.78 is 1.09. The van der Waals surface area contributed by atoms with E-state index in [9.17, 15) is 0 Å². The molecule has 1 N–H and O–H groups in total. The van der Waals surface area contributed by atoms with Gasteiger partial charge in [0.1, 0.15) is 4.34 Å². The van der Waals surface area contributed by atoms with Gasteiger partial charge in [-0.3, -0.25) is 0 Å². The molecule has 2 rings (SSSR count). The van der Waals surface area contributed by atoms with Crippen LogP contribution in [0, 0.1) is 11.8 Å². The van der Waals surface area contributed by atoms with Crippen molar-refractivity contribution in [1.82, 2.24) is 4.98 Å². The van der Waals surface area contributed by atoms with E-state index in [1.807, 2.05) is 23.7 Å². The number of rotatable bonds is 4. The van der Waals surface area contributed by atoms with Crippen LogP contribution in [0.5, 0.6) is 0 Å². The highest BCUT2D eigenvalue weighted by Crippen LogP contribution is 2.24. The molecule has 18 heavy (non-hydrogen) atoms. The number of nitrogens with zero attached hydrogens (tertiary/aromatic N) is 1. The number of thiazole rings is 1. The highest BCUT2D eigenvalue weighted by atomic mass is 32.2. The van der Waals surface area contributed by atoms with Crippen molar-refractivity contribution in [1.29, 1.82) is 0 Å². The summed E-state index contributed by atoms with van der Waals surface area (Å²) in [6.45, 7) is 0.118. The Kier molecular flexibility index (Phi) is 5.28. The lowest BCUT2D eigenvalue weighted by molar-refractivity contribution is 0.305. The van der Waals surface area contributed by atoms with Gasteiger partial charge >= 0.3 is 0 Å². The molecule has 0 saturated carbocycles. The predicted molar refractivity (Wildman–Crippen MR) is 76.7 cm³/mol. The van der Waals surface area contributed by atoms with Crippen molar-refractivity contribution in [2.75, 3.05) is 6.61 Å². The second-order valence-corrected chi connectivity index (χ2v) is 5.68. The molecule has 0 aliphatic carbocycles. The lowest BCUT2D eigenvalue weighted by Gasteiger charge is -1.99. The Hall–Kier alpha value is -1.28. The minimum Gasteiger partial charge on any atom is -0.395 e. The van der Waals surface area contributed by atoms with Crippen LogP contribution in [0.2, 0.25) is 0 Å². The zero-order valence-corrected chi connectivity index (χ0v) is 11.4. The van der Waals surface area contributed by atoms with E-state index in [1.165, 1.54) is 5.56 Å². The quantitative estimate of drug-likeness (QED) is 0.687. The van der Waals surface area contributed by atoms with E-state index in [1.54, 1.807) is 23.1 Å². The molecule has 0 saturated heterocycles. The summed E-state index contributed by atoms with van der Waals surface area (Å²) >= 11 is 3.40. The van der Waals surface area contributed by atoms with E-state index in [4.69, 9.17) is 5.11 Å². The fourth-order valence-electron chi connectivity index (χ4n) is 1.39. The Labute approximate surface area is 115 Å². The van der Waals surface area contributed by atoms with Crippen molar-refractivity contribution in [2.45, 2.75) is 16.5 Å². The Balaban J connectivity index is 1.97. The van der Waals surface area contributed by atoms with E-state index in [-0.39, 0.29) is 6.61 Å². The van der Waals surface area contributed by atoms with Gasteiger partial charge in [-0.25, -0.2) is 4.98 Å². The van der Waals surface area contributed by atoms with Crippen LogP contribution in [0.4, 0.5) is 0 Å². The molecule has 0 spiro atoms. The first kappa shape index (κ1) is 13.2. The normalized spacial score (nSPS) is 9.83. The third-order valence-electron chi connectivity index (χ3n) is 2.17. The van der Waals surface area contributed by atoms with E-state index in [0.29, 0.717) is 6.42 Å². The standard InChI is InChI=1S/C14H13NOS2/c16-8-2-1-4-12-5-3-6-13(10-12)11-18-14-15-7-9-17-14/h3,5-7,9-10,16H,2,8,11H2. The molecule has 1 aromatic heterocycles. The number of hydrogen-bond acceptors (Lipinski definition) is 4. The van der Waals surface area contributed by atoms with Gasteiger partial charge in [-0.2, -0.15) is 0 Å². The summed E-state index contributed by atoms with van der Waals surface area (Å²) in [5.41, 5.74) is 2.24. The number of aromatic nitrogens is 1.